The van der Waals surface area contributed by atoms with E-state index in [2.05, 4.69) is 40.8 Å². The Morgan fingerprint density at radius 1 is 1.15 bits per heavy atom. The van der Waals surface area contributed by atoms with Crippen LogP contribution in [-0.2, 0) is 11.3 Å². The summed E-state index contributed by atoms with van der Waals surface area (Å²) in [6.45, 7) is 8.00. The summed E-state index contributed by atoms with van der Waals surface area (Å²) in [6, 6.07) is 1.82. The van der Waals surface area contributed by atoms with E-state index >= 15 is 0 Å². The third kappa shape index (κ3) is 6.03. The van der Waals surface area contributed by atoms with E-state index in [1.807, 2.05) is 13.0 Å². The van der Waals surface area contributed by atoms with Crippen LogP contribution < -0.4 is 4.90 Å². The van der Waals surface area contributed by atoms with Crippen LogP contribution in [0.25, 0.3) is 0 Å². The van der Waals surface area contributed by atoms with Crippen LogP contribution in [0.4, 0.5) is 5.82 Å². The first-order chi connectivity index (χ1) is 9.56. The van der Waals surface area contributed by atoms with Crippen LogP contribution in [0.15, 0.2) is 6.07 Å². The second kappa shape index (κ2) is 9.10. The average molecular weight is 301 g/mol. The SMILES string of the molecule is CCCN(CCN(C)C)c1cc(Cl)nc(COCC)n1. The third-order valence-electron chi connectivity index (χ3n) is 2.80. The lowest BCUT2D eigenvalue weighted by Gasteiger charge is -2.25. The van der Waals surface area contributed by atoms with E-state index in [1.54, 1.807) is 0 Å². The van der Waals surface area contributed by atoms with Gasteiger partial charge in [-0.05, 0) is 27.4 Å². The van der Waals surface area contributed by atoms with E-state index in [4.69, 9.17) is 16.3 Å². The summed E-state index contributed by atoms with van der Waals surface area (Å²) in [4.78, 5) is 13.2. The molecule has 20 heavy (non-hydrogen) atoms. The van der Waals surface area contributed by atoms with Gasteiger partial charge in [0.05, 0.1) is 0 Å². The molecule has 1 heterocycles. The Balaban J connectivity index is 2.84. The summed E-state index contributed by atoms with van der Waals surface area (Å²) in [5.74, 6) is 1.52. The highest BCUT2D eigenvalue weighted by atomic mass is 35.5. The first kappa shape index (κ1) is 17.1. The maximum Gasteiger partial charge on any atom is 0.158 e. The zero-order valence-electron chi connectivity index (χ0n) is 12.9. The smallest absolute Gasteiger partial charge is 0.158 e. The highest BCUT2D eigenvalue weighted by molar-refractivity contribution is 6.29. The highest BCUT2D eigenvalue weighted by Gasteiger charge is 2.11. The monoisotopic (exact) mass is 300 g/mol. The molecule has 1 rings (SSSR count). The van der Waals surface area contributed by atoms with E-state index < -0.39 is 0 Å². The van der Waals surface area contributed by atoms with Crippen LogP contribution >= 0.6 is 11.6 Å². The van der Waals surface area contributed by atoms with Crippen molar-refractivity contribution in [1.82, 2.24) is 14.9 Å². The zero-order valence-corrected chi connectivity index (χ0v) is 13.7. The Morgan fingerprint density at radius 2 is 1.90 bits per heavy atom. The van der Waals surface area contributed by atoms with Gasteiger partial charge in [-0.2, -0.15) is 0 Å². The minimum Gasteiger partial charge on any atom is -0.374 e. The molecule has 0 saturated heterocycles. The Labute approximate surface area is 126 Å². The van der Waals surface area contributed by atoms with Crippen LogP contribution in [0.3, 0.4) is 0 Å². The van der Waals surface area contributed by atoms with Crippen LogP contribution in [-0.4, -0.2) is 55.2 Å². The molecule has 0 radical (unpaired) electrons. The first-order valence-electron chi connectivity index (χ1n) is 7.07. The molecule has 0 atom stereocenters. The van der Waals surface area contributed by atoms with E-state index in [0.29, 0.717) is 24.2 Å². The van der Waals surface area contributed by atoms with Gasteiger partial charge in [-0.15, -0.1) is 0 Å². The summed E-state index contributed by atoms with van der Waals surface area (Å²) in [5.41, 5.74) is 0. The fraction of sp³-hybridized carbons (Fsp3) is 0.714. The van der Waals surface area contributed by atoms with Gasteiger partial charge >= 0.3 is 0 Å². The Hall–Kier alpha value is -0.910. The number of likely N-dealkylation sites (N-methyl/N-ethyl adjacent to an activating group) is 1. The lowest BCUT2D eigenvalue weighted by molar-refractivity contribution is 0.128. The Bertz CT molecular complexity index is 401. The largest absolute Gasteiger partial charge is 0.374 e. The summed E-state index contributed by atoms with van der Waals surface area (Å²) < 4.78 is 5.36. The lowest BCUT2D eigenvalue weighted by Crippen LogP contribution is -2.33. The van der Waals surface area contributed by atoms with Crippen molar-refractivity contribution < 1.29 is 4.74 Å². The number of hydrogen-bond acceptors (Lipinski definition) is 5. The molecule has 0 N–H and O–H groups in total. The van der Waals surface area contributed by atoms with E-state index in [1.165, 1.54) is 0 Å². The van der Waals surface area contributed by atoms with Crippen molar-refractivity contribution in [2.24, 2.45) is 0 Å². The van der Waals surface area contributed by atoms with E-state index in [0.717, 1.165) is 31.9 Å². The van der Waals surface area contributed by atoms with Crippen molar-refractivity contribution in [3.05, 3.63) is 17.0 Å². The molecule has 0 aliphatic rings. The molecule has 0 saturated carbocycles. The van der Waals surface area contributed by atoms with Crippen molar-refractivity contribution in [3.8, 4) is 0 Å². The van der Waals surface area contributed by atoms with Gasteiger partial charge in [0.15, 0.2) is 5.82 Å². The molecule has 0 fully saturated rings. The second-order valence-corrected chi connectivity index (χ2v) is 5.28. The first-order valence-corrected chi connectivity index (χ1v) is 7.45. The molecule has 0 spiro atoms. The molecule has 114 valence electrons. The van der Waals surface area contributed by atoms with Gasteiger partial charge in [0, 0.05) is 32.3 Å². The summed E-state index contributed by atoms with van der Waals surface area (Å²) in [6.07, 6.45) is 1.07. The van der Waals surface area contributed by atoms with Crippen molar-refractivity contribution in [2.75, 3.05) is 45.2 Å². The molecular weight excluding hydrogens is 276 g/mol. The summed E-state index contributed by atoms with van der Waals surface area (Å²) in [5, 5.41) is 0.468. The topological polar surface area (TPSA) is 41.5 Å². The van der Waals surface area contributed by atoms with Gasteiger partial charge in [-0.1, -0.05) is 18.5 Å². The number of anilines is 1. The summed E-state index contributed by atoms with van der Waals surface area (Å²) >= 11 is 6.09. The standard InChI is InChI=1S/C14H25ClN4O/c1-5-7-19(9-8-18(3)4)14-10-12(15)16-13(17-14)11-20-6-2/h10H,5-9,11H2,1-4H3. The quantitative estimate of drug-likeness (QED) is 0.655. The van der Waals surface area contributed by atoms with Crippen LogP contribution in [0, 0.1) is 0 Å². The molecule has 0 unspecified atom stereocenters. The fourth-order valence-electron chi connectivity index (χ4n) is 1.80. The van der Waals surface area contributed by atoms with Crippen LogP contribution in [0.1, 0.15) is 26.1 Å². The Morgan fingerprint density at radius 3 is 2.50 bits per heavy atom. The molecule has 1 aromatic rings. The maximum absolute atomic E-state index is 6.09. The van der Waals surface area contributed by atoms with Gasteiger partial charge in [0.25, 0.3) is 0 Å². The fourth-order valence-corrected chi connectivity index (χ4v) is 2.00. The second-order valence-electron chi connectivity index (χ2n) is 4.89. The van der Waals surface area contributed by atoms with Crippen molar-refractivity contribution >= 4 is 17.4 Å². The number of hydrogen-bond donors (Lipinski definition) is 0. The Kier molecular flexibility index (Phi) is 7.80. The third-order valence-corrected chi connectivity index (χ3v) is 2.99. The van der Waals surface area contributed by atoms with Gasteiger partial charge in [-0.25, -0.2) is 9.97 Å². The molecule has 0 bridgehead atoms. The van der Waals surface area contributed by atoms with Gasteiger partial charge in [-0.3, -0.25) is 0 Å². The molecule has 6 heteroatoms. The van der Waals surface area contributed by atoms with Crippen molar-refractivity contribution in [1.29, 1.82) is 0 Å². The molecule has 0 aliphatic carbocycles. The lowest BCUT2D eigenvalue weighted by atomic mass is 10.3. The molecule has 0 aliphatic heterocycles. The molecular formula is C14H25ClN4O. The van der Waals surface area contributed by atoms with Gasteiger partial charge in [0.2, 0.25) is 0 Å². The van der Waals surface area contributed by atoms with Crippen molar-refractivity contribution in [2.45, 2.75) is 26.9 Å². The number of halogens is 1. The zero-order chi connectivity index (χ0) is 15.0. The normalized spacial score (nSPS) is 11.1. The van der Waals surface area contributed by atoms with Gasteiger partial charge < -0.3 is 14.5 Å². The number of aromatic nitrogens is 2. The number of nitrogens with zero attached hydrogens (tertiary/aromatic N) is 4. The molecule has 0 aromatic carbocycles. The summed E-state index contributed by atoms with van der Waals surface area (Å²) in [7, 11) is 4.13. The van der Waals surface area contributed by atoms with Crippen molar-refractivity contribution in [3.63, 3.8) is 0 Å². The van der Waals surface area contributed by atoms with E-state index in [9.17, 15) is 0 Å². The minimum absolute atomic E-state index is 0.401. The predicted molar refractivity (Wildman–Crippen MR) is 83.4 cm³/mol. The minimum atomic E-state index is 0.401. The predicted octanol–water partition coefficient (Wildman–Crippen LogP) is 2.44. The molecule has 5 nitrogen and oxygen atoms in total. The van der Waals surface area contributed by atoms with Crippen LogP contribution in [0.5, 0.6) is 0 Å². The highest BCUT2D eigenvalue weighted by Crippen LogP contribution is 2.17. The van der Waals surface area contributed by atoms with E-state index in [-0.39, 0.29) is 0 Å². The average Bonchev–Trinajstić information content (AvgIpc) is 2.40. The molecule has 0 amide bonds. The van der Waals surface area contributed by atoms with Crippen LogP contribution in [0.2, 0.25) is 5.15 Å². The number of rotatable bonds is 9. The number of ether oxygens (including phenoxy) is 1. The van der Waals surface area contributed by atoms with Gasteiger partial charge in [0.1, 0.15) is 17.6 Å². The maximum atomic E-state index is 6.09. The molecule has 1 aromatic heterocycles.